The first-order valence-electron chi connectivity index (χ1n) is 6.66. The third kappa shape index (κ3) is 2.71. The van der Waals surface area contributed by atoms with Crippen LogP contribution in [0.1, 0.15) is 45.6 Å². The lowest BCUT2D eigenvalue weighted by Crippen LogP contribution is -1.99. The van der Waals surface area contributed by atoms with E-state index in [1.807, 2.05) is 0 Å². The Balaban J connectivity index is 2.28. The predicted octanol–water partition coefficient (Wildman–Crippen LogP) is 4.81. The van der Waals surface area contributed by atoms with Gasteiger partial charge in [-0.25, -0.2) is 0 Å². The van der Waals surface area contributed by atoms with Gasteiger partial charge in [-0.2, -0.15) is 0 Å². The van der Waals surface area contributed by atoms with E-state index in [0.29, 0.717) is 5.92 Å². The molecule has 0 unspecified atom stereocenters. The van der Waals surface area contributed by atoms with Crippen molar-refractivity contribution in [2.75, 3.05) is 0 Å². The fourth-order valence-corrected chi connectivity index (χ4v) is 2.17. The minimum atomic E-state index is 0.610. The Labute approximate surface area is 104 Å². The molecule has 0 spiro atoms. The Hall–Kier alpha value is -1.24. The Morgan fingerprint density at radius 2 is 1.82 bits per heavy atom. The topological polar surface area (TPSA) is 4.93 Å². The van der Waals surface area contributed by atoms with Crippen LogP contribution in [0.15, 0.2) is 30.5 Å². The number of hydrogen-bond donors (Lipinski definition) is 0. The van der Waals surface area contributed by atoms with Crippen molar-refractivity contribution in [3.8, 4) is 0 Å². The van der Waals surface area contributed by atoms with E-state index in [-0.39, 0.29) is 0 Å². The van der Waals surface area contributed by atoms with E-state index in [4.69, 9.17) is 0 Å². The van der Waals surface area contributed by atoms with Crippen molar-refractivity contribution in [3.05, 3.63) is 36.0 Å². The van der Waals surface area contributed by atoms with Gasteiger partial charge in [-0.1, -0.05) is 33.8 Å². The van der Waals surface area contributed by atoms with Crippen LogP contribution in [0.25, 0.3) is 10.9 Å². The number of rotatable bonds is 4. The fourth-order valence-electron chi connectivity index (χ4n) is 2.17. The summed E-state index contributed by atoms with van der Waals surface area (Å²) in [6.07, 6.45) is 3.47. The number of aryl methyl sites for hydroxylation is 1. The highest BCUT2D eigenvalue weighted by molar-refractivity contribution is 5.81. The summed E-state index contributed by atoms with van der Waals surface area (Å²) < 4.78 is 2.37. The molecule has 0 atom stereocenters. The van der Waals surface area contributed by atoms with Crippen molar-refractivity contribution in [1.82, 2.24) is 4.57 Å². The molecule has 1 aromatic heterocycles. The van der Waals surface area contributed by atoms with Gasteiger partial charge in [0.05, 0.1) is 0 Å². The summed E-state index contributed by atoms with van der Waals surface area (Å²) in [5.41, 5.74) is 2.80. The molecular formula is C16H23N. The zero-order valence-electron chi connectivity index (χ0n) is 11.4. The van der Waals surface area contributed by atoms with Crippen LogP contribution in [0, 0.1) is 5.92 Å². The lowest BCUT2D eigenvalue weighted by molar-refractivity contribution is 0.524. The van der Waals surface area contributed by atoms with Crippen LogP contribution in [0.3, 0.4) is 0 Å². The summed E-state index contributed by atoms with van der Waals surface area (Å²) in [6.45, 7) is 10.2. The summed E-state index contributed by atoms with van der Waals surface area (Å²) in [7, 11) is 0. The maximum atomic E-state index is 2.37. The van der Waals surface area contributed by atoms with Crippen molar-refractivity contribution < 1.29 is 0 Å². The number of aromatic nitrogens is 1. The number of benzene rings is 1. The van der Waals surface area contributed by atoms with Gasteiger partial charge >= 0.3 is 0 Å². The number of hydrogen-bond acceptors (Lipinski definition) is 0. The van der Waals surface area contributed by atoms with Crippen LogP contribution in [0.5, 0.6) is 0 Å². The first-order valence-corrected chi connectivity index (χ1v) is 6.66. The summed E-state index contributed by atoms with van der Waals surface area (Å²) >= 11 is 0. The van der Waals surface area contributed by atoms with E-state index in [1.165, 1.54) is 22.9 Å². The van der Waals surface area contributed by atoms with Crippen LogP contribution in [-0.2, 0) is 6.54 Å². The molecule has 0 aliphatic heterocycles. The second-order valence-corrected chi connectivity index (χ2v) is 5.66. The molecule has 0 aliphatic carbocycles. The molecule has 1 aromatic carbocycles. The molecule has 1 heterocycles. The average Bonchev–Trinajstić information content (AvgIpc) is 2.68. The Morgan fingerprint density at radius 3 is 2.47 bits per heavy atom. The van der Waals surface area contributed by atoms with E-state index in [0.717, 1.165) is 12.5 Å². The van der Waals surface area contributed by atoms with Crippen molar-refractivity contribution in [2.45, 2.75) is 46.6 Å². The maximum Gasteiger partial charge on any atom is 0.0480 e. The van der Waals surface area contributed by atoms with Crippen molar-refractivity contribution in [1.29, 1.82) is 0 Å². The highest BCUT2D eigenvalue weighted by Crippen LogP contribution is 2.22. The highest BCUT2D eigenvalue weighted by atomic mass is 14.9. The highest BCUT2D eigenvalue weighted by Gasteiger charge is 2.05. The smallest absolute Gasteiger partial charge is 0.0480 e. The Kier molecular flexibility index (Phi) is 3.56. The zero-order valence-corrected chi connectivity index (χ0v) is 11.4. The minimum absolute atomic E-state index is 0.610. The molecule has 2 aromatic rings. The SMILES string of the molecule is CC(C)CCn1ccc2cc(C(C)C)ccc21. The summed E-state index contributed by atoms with van der Waals surface area (Å²) in [5.74, 6) is 1.38. The van der Waals surface area contributed by atoms with Crippen LogP contribution in [-0.4, -0.2) is 4.57 Å². The lowest BCUT2D eigenvalue weighted by Gasteiger charge is -2.09. The molecule has 2 rings (SSSR count). The van der Waals surface area contributed by atoms with Gasteiger partial charge in [-0.15, -0.1) is 0 Å². The van der Waals surface area contributed by atoms with Crippen LogP contribution < -0.4 is 0 Å². The van der Waals surface area contributed by atoms with E-state index in [2.05, 4.69) is 62.7 Å². The van der Waals surface area contributed by atoms with Crippen molar-refractivity contribution in [2.24, 2.45) is 5.92 Å². The Bertz CT molecular complexity index is 491. The molecule has 0 saturated carbocycles. The maximum absolute atomic E-state index is 2.37. The van der Waals surface area contributed by atoms with Crippen LogP contribution in [0.2, 0.25) is 0 Å². The quantitative estimate of drug-likeness (QED) is 0.709. The molecule has 0 aliphatic rings. The first-order chi connectivity index (χ1) is 8.08. The van der Waals surface area contributed by atoms with Gasteiger partial charge in [-0.3, -0.25) is 0 Å². The standard InChI is InChI=1S/C16H23N/c1-12(2)7-9-17-10-8-15-11-14(13(3)4)5-6-16(15)17/h5-6,8,10-13H,7,9H2,1-4H3. The van der Waals surface area contributed by atoms with Gasteiger partial charge < -0.3 is 4.57 Å². The monoisotopic (exact) mass is 229 g/mol. The van der Waals surface area contributed by atoms with E-state index in [9.17, 15) is 0 Å². The normalized spacial score (nSPS) is 11.9. The van der Waals surface area contributed by atoms with Crippen LogP contribution >= 0.6 is 0 Å². The largest absolute Gasteiger partial charge is 0.347 e. The summed E-state index contributed by atoms with van der Waals surface area (Å²) in [5, 5.41) is 1.37. The third-order valence-electron chi connectivity index (χ3n) is 3.41. The predicted molar refractivity (Wildman–Crippen MR) is 75.5 cm³/mol. The zero-order chi connectivity index (χ0) is 12.4. The number of nitrogens with zero attached hydrogens (tertiary/aromatic N) is 1. The van der Waals surface area contributed by atoms with Crippen molar-refractivity contribution >= 4 is 10.9 Å². The molecule has 0 fully saturated rings. The van der Waals surface area contributed by atoms with Gasteiger partial charge in [0.25, 0.3) is 0 Å². The van der Waals surface area contributed by atoms with Gasteiger partial charge in [-0.05, 0) is 47.4 Å². The molecule has 0 N–H and O–H groups in total. The van der Waals surface area contributed by atoms with E-state index in [1.54, 1.807) is 0 Å². The summed E-state index contributed by atoms with van der Waals surface area (Å²) in [4.78, 5) is 0. The Morgan fingerprint density at radius 1 is 1.06 bits per heavy atom. The molecule has 0 saturated heterocycles. The molecule has 0 radical (unpaired) electrons. The van der Waals surface area contributed by atoms with Gasteiger partial charge in [0.1, 0.15) is 0 Å². The van der Waals surface area contributed by atoms with Gasteiger partial charge in [0.15, 0.2) is 0 Å². The fraction of sp³-hybridized carbons (Fsp3) is 0.500. The molecule has 0 amide bonds. The molecule has 1 heteroatoms. The van der Waals surface area contributed by atoms with Crippen molar-refractivity contribution in [3.63, 3.8) is 0 Å². The molecule has 0 bridgehead atoms. The average molecular weight is 229 g/mol. The second kappa shape index (κ2) is 4.95. The third-order valence-corrected chi connectivity index (χ3v) is 3.41. The molecule has 17 heavy (non-hydrogen) atoms. The second-order valence-electron chi connectivity index (χ2n) is 5.66. The minimum Gasteiger partial charge on any atom is -0.347 e. The molecule has 1 nitrogen and oxygen atoms in total. The first kappa shape index (κ1) is 12.2. The van der Waals surface area contributed by atoms with E-state index >= 15 is 0 Å². The molecule has 92 valence electrons. The summed E-state index contributed by atoms with van der Waals surface area (Å²) in [6, 6.07) is 9.09. The van der Waals surface area contributed by atoms with Gasteiger partial charge in [0, 0.05) is 18.3 Å². The number of fused-ring (bicyclic) bond motifs is 1. The molecular weight excluding hydrogens is 206 g/mol. The van der Waals surface area contributed by atoms with E-state index < -0.39 is 0 Å². The van der Waals surface area contributed by atoms with Gasteiger partial charge in [0.2, 0.25) is 0 Å². The van der Waals surface area contributed by atoms with Crippen LogP contribution in [0.4, 0.5) is 0 Å². The lowest BCUT2D eigenvalue weighted by atomic mass is 10.0.